The highest BCUT2D eigenvalue weighted by atomic mass is 16.5. The van der Waals surface area contributed by atoms with Crippen LogP contribution < -0.4 is 0 Å². The Morgan fingerprint density at radius 3 is 2.43 bits per heavy atom. The van der Waals surface area contributed by atoms with Crippen molar-refractivity contribution in [2.75, 3.05) is 13.7 Å². The lowest BCUT2D eigenvalue weighted by Gasteiger charge is -2.22. The first kappa shape index (κ1) is 13.2. The topological polar surface area (TPSA) is 35.5 Å². The number of carbonyl (C=O) groups excluding carboxylic acids is 1. The molecule has 0 saturated heterocycles. The van der Waals surface area contributed by atoms with Crippen molar-refractivity contribution in [3.8, 4) is 0 Å². The summed E-state index contributed by atoms with van der Waals surface area (Å²) in [6.45, 7) is 8.07. The summed E-state index contributed by atoms with van der Waals surface area (Å²) in [6, 6.07) is 0. The van der Waals surface area contributed by atoms with Crippen molar-refractivity contribution in [3.05, 3.63) is 11.6 Å². The van der Waals surface area contributed by atoms with Gasteiger partial charge in [-0.15, -0.1) is 0 Å². The van der Waals surface area contributed by atoms with Crippen LogP contribution in [0.5, 0.6) is 0 Å². The lowest BCUT2D eigenvalue weighted by Crippen LogP contribution is -2.22. The van der Waals surface area contributed by atoms with Crippen LogP contribution >= 0.6 is 0 Å². The zero-order valence-electron chi connectivity index (χ0n) is 9.72. The fraction of sp³-hybridized carbons (Fsp3) is 0.727. The number of hydrogen-bond acceptors (Lipinski definition) is 3. The maximum absolute atomic E-state index is 11.1. The number of esters is 1. The molecule has 0 spiro atoms. The van der Waals surface area contributed by atoms with Gasteiger partial charge in [0.25, 0.3) is 0 Å². The van der Waals surface area contributed by atoms with Crippen LogP contribution in [0.1, 0.15) is 34.1 Å². The summed E-state index contributed by atoms with van der Waals surface area (Å²) in [5.41, 5.74) is 0.739. The maximum Gasteiger partial charge on any atom is 0.330 e. The van der Waals surface area contributed by atoms with Crippen LogP contribution in [0.4, 0.5) is 0 Å². The second-order valence-electron chi connectivity index (χ2n) is 3.88. The van der Waals surface area contributed by atoms with Crippen molar-refractivity contribution >= 4 is 5.97 Å². The van der Waals surface area contributed by atoms with Crippen LogP contribution in [0.3, 0.4) is 0 Å². The number of rotatable bonds is 5. The zero-order valence-corrected chi connectivity index (χ0v) is 9.72. The van der Waals surface area contributed by atoms with Crippen LogP contribution in [0.25, 0.3) is 0 Å². The molecule has 0 atom stereocenters. The van der Waals surface area contributed by atoms with Gasteiger partial charge in [0.15, 0.2) is 0 Å². The molecule has 0 N–H and O–H groups in total. The molecule has 0 aliphatic heterocycles. The van der Waals surface area contributed by atoms with E-state index in [0.717, 1.165) is 12.0 Å². The summed E-state index contributed by atoms with van der Waals surface area (Å²) in [7, 11) is 1.66. The molecular weight excluding hydrogens is 180 g/mol. The molecule has 0 aliphatic carbocycles. The predicted molar refractivity (Wildman–Crippen MR) is 56.1 cm³/mol. The van der Waals surface area contributed by atoms with Gasteiger partial charge in [-0.05, 0) is 34.1 Å². The van der Waals surface area contributed by atoms with Crippen LogP contribution in [0.15, 0.2) is 11.6 Å². The van der Waals surface area contributed by atoms with E-state index < -0.39 is 0 Å². The molecule has 0 radical (unpaired) electrons. The van der Waals surface area contributed by atoms with Gasteiger partial charge in [0, 0.05) is 13.2 Å². The first-order valence-electron chi connectivity index (χ1n) is 4.80. The minimum Gasteiger partial charge on any atom is -0.463 e. The van der Waals surface area contributed by atoms with E-state index in [1.165, 1.54) is 6.08 Å². The monoisotopic (exact) mass is 200 g/mol. The Balaban J connectivity index is 4.19. The Kier molecular flexibility index (Phi) is 5.46. The predicted octanol–water partition coefficient (Wildman–Crippen LogP) is 2.31. The van der Waals surface area contributed by atoms with Gasteiger partial charge >= 0.3 is 5.97 Å². The van der Waals surface area contributed by atoms with E-state index >= 15 is 0 Å². The van der Waals surface area contributed by atoms with Crippen molar-refractivity contribution in [2.45, 2.75) is 39.7 Å². The molecular formula is C11H20O3. The SMILES string of the molecule is CCOC(=O)/C=C(\C)CC(C)(C)OC. The van der Waals surface area contributed by atoms with E-state index in [-0.39, 0.29) is 11.6 Å². The Bertz CT molecular complexity index is 217. The first-order chi connectivity index (χ1) is 6.41. The van der Waals surface area contributed by atoms with Gasteiger partial charge in [-0.1, -0.05) is 5.57 Å². The molecule has 0 aromatic heterocycles. The van der Waals surface area contributed by atoms with E-state index in [1.54, 1.807) is 14.0 Å². The molecule has 0 fully saturated rings. The molecule has 0 rings (SSSR count). The van der Waals surface area contributed by atoms with Gasteiger partial charge in [-0.2, -0.15) is 0 Å². The van der Waals surface area contributed by atoms with Crippen LogP contribution in [-0.2, 0) is 14.3 Å². The summed E-state index contributed by atoms with van der Waals surface area (Å²) < 4.78 is 10.1. The number of hydrogen-bond donors (Lipinski definition) is 0. The third-order valence-corrected chi connectivity index (χ3v) is 1.91. The van der Waals surface area contributed by atoms with Crippen molar-refractivity contribution in [2.24, 2.45) is 0 Å². The molecule has 0 aromatic carbocycles. The Morgan fingerprint density at radius 1 is 1.43 bits per heavy atom. The van der Waals surface area contributed by atoms with Gasteiger partial charge in [0.05, 0.1) is 12.2 Å². The highest BCUT2D eigenvalue weighted by molar-refractivity contribution is 5.82. The van der Waals surface area contributed by atoms with E-state index in [2.05, 4.69) is 0 Å². The van der Waals surface area contributed by atoms with Crippen LogP contribution in [0.2, 0.25) is 0 Å². The second kappa shape index (κ2) is 5.81. The molecule has 0 saturated carbocycles. The summed E-state index contributed by atoms with van der Waals surface area (Å²) >= 11 is 0. The standard InChI is InChI=1S/C11H20O3/c1-6-14-10(12)7-9(2)8-11(3,4)13-5/h7H,6,8H2,1-5H3/b9-7+. The molecule has 82 valence electrons. The molecule has 0 bridgehead atoms. The van der Waals surface area contributed by atoms with E-state index in [1.807, 2.05) is 20.8 Å². The highest BCUT2D eigenvalue weighted by Gasteiger charge is 2.17. The lowest BCUT2D eigenvalue weighted by molar-refractivity contribution is -0.137. The average Bonchev–Trinajstić information content (AvgIpc) is 2.03. The quantitative estimate of drug-likeness (QED) is 0.504. The number of methoxy groups -OCH3 is 1. The van der Waals surface area contributed by atoms with Crippen molar-refractivity contribution in [3.63, 3.8) is 0 Å². The molecule has 0 amide bonds. The van der Waals surface area contributed by atoms with Crippen LogP contribution in [0, 0.1) is 0 Å². The molecule has 3 nitrogen and oxygen atoms in total. The summed E-state index contributed by atoms with van der Waals surface area (Å²) in [6.07, 6.45) is 2.24. The highest BCUT2D eigenvalue weighted by Crippen LogP contribution is 2.18. The minimum atomic E-state index is -0.281. The van der Waals surface area contributed by atoms with Crippen molar-refractivity contribution < 1.29 is 14.3 Å². The largest absolute Gasteiger partial charge is 0.463 e. The molecule has 0 aromatic rings. The van der Waals surface area contributed by atoms with E-state index in [0.29, 0.717) is 6.61 Å². The summed E-state index contributed by atoms with van der Waals surface area (Å²) in [5, 5.41) is 0. The third kappa shape index (κ3) is 5.75. The maximum atomic E-state index is 11.1. The van der Waals surface area contributed by atoms with Gasteiger partial charge < -0.3 is 9.47 Å². The van der Waals surface area contributed by atoms with E-state index in [4.69, 9.17) is 9.47 Å². The lowest BCUT2D eigenvalue weighted by atomic mass is 9.99. The normalized spacial score (nSPS) is 12.8. The third-order valence-electron chi connectivity index (χ3n) is 1.91. The first-order valence-corrected chi connectivity index (χ1v) is 4.80. The Hall–Kier alpha value is -0.830. The average molecular weight is 200 g/mol. The van der Waals surface area contributed by atoms with E-state index in [9.17, 15) is 4.79 Å². The molecule has 0 aliphatic rings. The molecule has 14 heavy (non-hydrogen) atoms. The van der Waals surface area contributed by atoms with Gasteiger partial charge in [-0.3, -0.25) is 0 Å². The van der Waals surface area contributed by atoms with Gasteiger partial charge in [0.1, 0.15) is 0 Å². The van der Waals surface area contributed by atoms with Gasteiger partial charge in [-0.25, -0.2) is 4.79 Å². The van der Waals surface area contributed by atoms with Crippen LogP contribution in [-0.4, -0.2) is 25.3 Å². The Morgan fingerprint density at radius 2 is 2.00 bits per heavy atom. The minimum absolute atomic E-state index is 0.229. The Labute approximate surface area is 86.1 Å². The zero-order chi connectivity index (χ0) is 11.2. The fourth-order valence-electron chi connectivity index (χ4n) is 1.18. The number of carbonyl (C=O) groups is 1. The molecule has 0 unspecified atom stereocenters. The van der Waals surface area contributed by atoms with Crippen molar-refractivity contribution in [1.82, 2.24) is 0 Å². The number of ether oxygens (including phenoxy) is 2. The van der Waals surface area contributed by atoms with Gasteiger partial charge in [0.2, 0.25) is 0 Å². The summed E-state index contributed by atoms with van der Waals surface area (Å²) in [4.78, 5) is 11.1. The molecule has 3 heteroatoms. The molecule has 0 heterocycles. The second-order valence-corrected chi connectivity index (χ2v) is 3.88. The van der Waals surface area contributed by atoms with Crippen molar-refractivity contribution in [1.29, 1.82) is 0 Å². The summed E-state index contributed by atoms with van der Waals surface area (Å²) in [5.74, 6) is -0.281. The smallest absolute Gasteiger partial charge is 0.330 e. The fourth-order valence-corrected chi connectivity index (χ4v) is 1.18.